The van der Waals surface area contributed by atoms with Gasteiger partial charge in [-0.3, -0.25) is 14.5 Å². The number of carbonyl (C=O) groups is 2. The summed E-state index contributed by atoms with van der Waals surface area (Å²) in [5, 5.41) is 3.01. The molecule has 0 spiro atoms. The Kier molecular flexibility index (Phi) is 6.84. The highest BCUT2D eigenvalue weighted by Gasteiger charge is 2.31. The van der Waals surface area contributed by atoms with Crippen molar-refractivity contribution in [2.45, 2.75) is 32.5 Å². The summed E-state index contributed by atoms with van der Waals surface area (Å²) in [7, 11) is 0. The summed E-state index contributed by atoms with van der Waals surface area (Å²) < 4.78 is 11.1. The standard InChI is InChI=1S/C24H29N3O4/c1-18-24(29)27(21-8-4-5-9-22(21)31-18)11-10-23(28)25-16-19-6-2-3-7-20(19)17-26-12-14-30-15-13-26/h2-9,18H,10-17H2,1H3,(H,25,28). The van der Waals surface area contributed by atoms with E-state index < -0.39 is 6.10 Å². The third-order valence-corrected chi connectivity index (χ3v) is 5.73. The first kappa shape index (κ1) is 21.3. The van der Waals surface area contributed by atoms with E-state index in [-0.39, 0.29) is 18.2 Å². The molecule has 164 valence electrons. The molecule has 1 fully saturated rings. The number of ether oxygens (including phenoxy) is 2. The molecule has 2 aromatic rings. The summed E-state index contributed by atoms with van der Waals surface area (Å²) in [6.07, 6.45) is -0.316. The van der Waals surface area contributed by atoms with Crippen LogP contribution in [0.15, 0.2) is 48.5 Å². The van der Waals surface area contributed by atoms with Gasteiger partial charge in [-0.2, -0.15) is 0 Å². The van der Waals surface area contributed by atoms with E-state index in [0.29, 0.717) is 24.5 Å². The highest BCUT2D eigenvalue weighted by molar-refractivity contribution is 6.00. The third-order valence-electron chi connectivity index (χ3n) is 5.73. The molecular weight excluding hydrogens is 394 g/mol. The zero-order valence-corrected chi connectivity index (χ0v) is 17.9. The Balaban J connectivity index is 1.33. The maximum atomic E-state index is 12.6. The van der Waals surface area contributed by atoms with Gasteiger partial charge in [0, 0.05) is 39.1 Å². The van der Waals surface area contributed by atoms with Crippen LogP contribution in [0.1, 0.15) is 24.5 Å². The number of morpholine rings is 1. The van der Waals surface area contributed by atoms with Crippen LogP contribution in [-0.4, -0.2) is 55.7 Å². The summed E-state index contributed by atoms with van der Waals surface area (Å²) >= 11 is 0. The van der Waals surface area contributed by atoms with Crippen LogP contribution >= 0.6 is 0 Å². The van der Waals surface area contributed by atoms with E-state index in [9.17, 15) is 9.59 Å². The van der Waals surface area contributed by atoms with Crippen molar-refractivity contribution in [2.75, 3.05) is 37.7 Å². The van der Waals surface area contributed by atoms with Crippen molar-refractivity contribution in [3.63, 3.8) is 0 Å². The lowest BCUT2D eigenvalue weighted by Gasteiger charge is -2.32. The van der Waals surface area contributed by atoms with E-state index in [1.807, 2.05) is 36.4 Å². The molecule has 2 heterocycles. The molecule has 1 unspecified atom stereocenters. The van der Waals surface area contributed by atoms with Gasteiger partial charge >= 0.3 is 0 Å². The average Bonchev–Trinajstić information content (AvgIpc) is 2.79. The zero-order chi connectivity index (χ0) is 21.6. The van der Waals surface area contributed by atoms with Crippen LogP contribution in [0.2, 0.25) is 0 Å². The molecule has 0 saturated carbocycles. The van der Waals surface area contributed by atoms with Gasteiger partial charge in [-0.05, 0) is 30.2 Å². The second kappa shape index (κ2) is 9.94. The fourth-order valence-electron chi connectivity index (χ4n) is 3.97. The minimum Gasteiger partial charge on any atom is -0.479 e. The summed E-state index contributed by atoms with van der Waals surface area (Å²) in [5.41, 5.74) is 3.05. The van der Waals surface area contributed by atoms with Gasteiger partial charge in [0.05, 0.1) is 18.9 Å². The number of rotatable bonds is 7. The molecule has 0 aromatic heterocycles. The second-order valence-corrected chi connectivity index (χ2v) is 7.90. The van der Waals surface area contributed by atoms with Gasteiger partial charge in [0.15, 0.2) is 6.10 Å². The summed E-state index contributed by atoms with van der Waals surface area (Å²) in [6, 6.07) is 15.6. The fourth-order valence-corrected chi connectivity index (χ4v) is 3.97. The number of hydrogen-bond donors (Lipinski definition) is 1. The van der Waals surface area contributed by atoms with Crippen LogP contribution in [0, 0.1) is 0 Å². The van der Waals surface area contributed by atoms with Crippen LogP contribution in [0.4, 0.5) is 5.69 Å². The minimum absolute atomic E-state index is 0.0781. The predicted molar refractivity (Wildman–Crippen MR) is 118 cm³/mol. The Bertz CT molecular complexity index is 927. The summed E-state index contributed by atoms with van der Waals surface area (Å²) in [5.74, 6) is 0.472. The van der Waals surface area contributed by atoms with Crippen LogP contribution in [0.25, 0.3) is 0 Å². The lowest BCUT2D eigenvalue weighted by atomic mass is 10.1. The normalized spacial score (nSPS) is 18.9. The highest BCUT2D eigenvalue weighted by atomic mass is 16.5. The SMILES string of the molecule is CC1Oc2ccccc2N(CCC(=O)NCc2ccccc2CN2CCOCC2)C1=O. The number of fused-ring (bicyclic) bond motifs is 1. The first-order chi connectivity index (χ1) is 15.1. The first-order valence-corrected chi connectivity index (χ1v) is 10.8. The molecular formula is C24H29N3O4. The summed E-state index contributed by atoms with van der Waals surface area (Å²) in [4.78, 5) is 29.1. The van der Waals surface area contributed by atoms with Crippen LogP contribution in [0.5, 0.6) is 5.75 Å². The molecule has 2 aromatic carbocycles. The largest absolute Gasteiger partial charge is 0.479 e. The van der Waals surface area contributed by atoms with Gasteiger partial charge < -0.3 is 19.7 Å². The molecule has 1 N–H and O–H groups in total. The lowest BCUT2D eigenvalue weighted by Crippen LogP contribution is -2.45. The highest BCUT2D eigenvalue weighted by Crippen LogP contribution is 2.33. The molecule has 7 heteroatoms. The fraction of sp³-hybridized carbons (Fsp3) is 0.417. The van der Waals surface area contributed by atoms with Crippen molar-refractivity contribution >= 4 is 17.5 Å². The van der Waals surface area contributed by atoms with E-state index in [0.717, 1.165) is 38.4 Å². The molecule has 0 bridgehead atoms. The van der Waals surface area contributed by atoms with Gasteiger partial charge in [-0.25, -0.2) is 0 Å². The van der Waals surface area contributed by atoms with E-state index in [4.69, 9.17) is 9.47 Å². The molecule has 1 atom stereocenters. The van der Waals surface area contributed by atoms with Gasteiger partial charge in [0.2, 0.25) is 5.91 Å². The van der Waals surface area contributed by atoms with E-state index in [1.165, 1.54) is 5.56 Å². The molecule has 4 rings (SSSR count). The Labute approximate surface area is 182 Å². The zero-order valence-electron chi connectivity index (χ0n) is 17.9. The smallest absolute Gasteiger partial charge is 0.267 e. The van der Waals surface area contributed by atoms with Gasteiger partial charge in [-0.15, -0.1) is 0 Å². The number of para-hydroxylation sites is 2. The van der Waals surface area contributed by atoms with Crippen molar-refractivity contribution in [1.82, 2.24) is 10.2 Å². The van der Waals surface area contributed by atoms with Gasteiger partial charge in [0.1, 0.15) is 5.75 Å². The number of nitrogens with zero attached hydrogens (tertiary/aromatic N) is 2. The van der Waals surface area contributed by atoms with Crippen LogP contribution in [-0.2, 0) is 27.4 Å². The number of hydrogen-bond acceptors (Lipinski definition) is 5. The number of anilines is 1. The number of benzene rings is 2. The van der Waals surface area contributed by atoms with E-state index in [2.05, 4.69) is 22.3 Å². The Morgan fingerprint density at radius 3 is 2.58 bits per heavy atom. The Morgan fingerprint density at radius 1 is 1.06 bits per heavy atom. The monoisotopic (exact) mass is 423 g/mol. The number of amides is 2. The van der Waals surface area contributed by atoms with Crippen LogP contribution in [0.3, 0.4) is 0 Å². The van der Waals surface area contributed by atoms with Crippen molar-refractivity contribution < 1.29 is 19.1 Å². The van der Waals surface area contributed by atoms with Crippen molar-refractivity contribution in [2.24, 2.45) is 0 Å². The maximum absolute atomic E-state index is 12.6. The van der Waals surface area contributed by atoms with Crippen LogP contribution < -0.4 is 15.0 Å². The van der Waals surface area contributed by atoms with Gasteiger partial charge in [-0.1, -0.05) is 36.4 Å². The second-order valence-electron chi connectivity index (χ2n) is 7.90. The Morgan fingerprint density at radius 2 is 1.77 bits per heavy atom. The topological polar surface area (TPSA) is 71.1 Å². The van der Waals surface area contributed by atoms with Crippen molar-refractivity contribution in [3.05, 3.63) is 59.7 Å². The van der Waals surface area contributed by atoms with Crippen molar-refractivity contribution in [1.29, 1.82) is 0 Å². The molecule has 31 heavy (non-hydrogen) atoms. The van der Waals surface area contributed by atoms with E-state index >= 15 is 0 Å². The molecule has 2 aliphatic heterocycles. The van der Waals surface area contributed by atoms with Gasteiger partial charge in [0.25, 0.3) is 5.91 Å². The number of nitrogens with one attached hydrogen (secondary N) is 1. The molecule has 1 saturated heterocycles. The van der Waals surface area contributed by atoms with Crippen molar-refractivity contribution in [3.8, 4) is 5.75 Å². The molecule has 0 radical (unpaired) electrons. The number of carbonyl (C=O) groups excluding carboxylic acids is 2. The third kappa shape index (κ3) is 5.24. The predicted octanol–water partition coefficient (Wildman–Crippen LogP) is 2.34. The minimum atomic E-state index is -0.551. The average molecular weight is 424 g/mol. The maximum Gasteiger partial charge on any atom is 0.267 e. The lowest BCUT2D eigenvalue weighted by molar-refractivity contribution is -0.125. The molecule has 2 amide bonds. The molecule has 0 aliphatic carbocycles. The summed E-state index contributed by atoms with van der Waals surface area (Å²) in [6.45, 7) is 6.77. The molecule has 2 aliphatic rings. The molecule has 7 nitrogen and oxygen atoms in total. The first-order valence-electron chi connectivity index (χ1n) is 10.8. The van der Waals surface area contributed by atoms with E-state index in [1.54, 1.807) is 11.8 Å². The Hall–Kier alpha value is -2.90. The quantitative estimate of drug-likeness (QED) is 0.740.